The van der Waals surface area contributed by atoms with Crippen molar-refractivity contribution in [3.63, 3.8) is 0 Å². The molecule has 0 spiro atoms. The fraction of sp³-hybridized carbons (Fsp3) is 0.417. The number of carboxylic acid groups (broad SMARTS) is 1. The van der Waals surface area contributed by atoms with Crippen LogP contribution in [0, 0.1) is 0 Å². The van der Waals surface area contributed by atoms with Gasteiger partial charge in [0.05, 0.1) is 5.60 Å². The Bertz CT molecular complexity index is 415. The van der Waals surface area contributed by atoms with Gasteiger partial charge < -0.3 is 14.9 Å². The van der Waals surface area contributed by atoms with E-state index in [1.54, 1.807) is 13.0 Å². The van der Waals surface area contributed by atoms with E-state index in [9.17, 15) is 9.90 Å². The highest BCUT2D eigenvalue weighted by molar-refractivity contribution is 6.31. The van der Waals surface area contributed by atoms with Crippen molar-refractivity contribution in [2.24, 2.45) is 0 Å². The molecule has 5 heteroatoms. The SMILES string of the molecule is CCC(C)(O)COc1ccc(Cl)cc1C(=O)O. The predicted molar refractivity (Wildman–Crippen MR) is 64.8 cm³/mol. The molecule has 0 saturated heterocycles. The third-order valence-electron chi connectivity index (χ3n) is 2.47. The highest BCUT2D eigenvalue weighted by Gasteiger charge is 2.20. The van der Waals surface area contributed by atoms with Crippen molar-refractivity contribution in [3.05, 3.63) is 28.8 Å². The van der Waals surface area contributed by atoms with Crippen molar-refractivity contribution in [2.75, 3.05) is 6.61 Å². The summed E-state index contributed by atoms with van der Waals surface area (Å²) in [7, 11) is 0. The lowest BCUT2D eigenvalue weighted by molar-refractivity contribution is 0.00789. The molecule has 0 saturated carbocycles. The van der Waals surface area contributed by atoms with Crippen LogP contribution in [0.2, 0.25) is 5.02 Å². The number of halogens is 1. The van der Waals surface area contributed by atoms with E-state index >= 15 is 0 Å². The Morgan fingerprint density at radius 2 is 2.18 bits per heavy atom. The lowest BCUT2D eigenvalue weighted by atomic mass is 10.1. The maximum atomic E-state index is 11.0. The number of ether oxygens (including phenoxy) is 1. The molecule has 1 aromatic rings. The monoisotopic (exact) mass is 258 g/mol. The Morgan fingerprint density at radius 1 is 1.53 bits per heavy atom. The van der Waals surface area contributed by atoms with Crippen LogP contribution in [0.5, 0.6) is 5.75 Å². The summed E-state index contributed by atoms with van der Waals surface area (Å²) < 4.78 is 5.32. The van der Waals surface area contributed by atoms with Crippen LogP contribution in [0.25, 0.3) is 0 Å². The summed E-state index contributed by atoms with van der Waals surface area (Å²) in [6.07, 6.45) is 0.517. The fourth-order valence-corrected chi connectivity index (χ4v) is 1.30. The normalized spacial score (nSPS) is 14.1. The second-order valence-corrected chi connectivity index (χ2v) is 4.52. The van der Waals surface area contributed by atoms with Gasteiger partial charge in [0.25, 0.3) is 0 Å². The summed E-state index contributed by atoms with van der Waals surface area (Å²) in [5.74, 6) is -0.908. The second-order valence-electron chi connectivity index (χ2n) is 4.08. The number of benzene rings is 1. The van der Waals surface area contributed by atoms with E-state index in [2.05, 4.69) is 0 Å². The van der Waals surface area contributed by atoms with Gasteiger partial charge in [-0.15, -0.1) is 0 Å². The Hall–Kier alpha value is -1.26. The molecule has 17 heavy (non-hydrogen) atoms. The molecule has 0 amide bonds. The van der Waals surface area contributed by atoms with E-state index in [4.69, 9.17) is 21.4 Å². The largest absolute Gasteiger partial charge is 0.490 e. The van der Waals surface area contributed by atoms with Crippen LogP contribution in [0.1, 0.15) is 30.6 Å². The highest BCUT2D eigenvalue weighted by Crippen LogP contribution is 2.24. The van der Waals surface area contributed by atoms with Crippen LogP contribution in [0.15, 0.2) is 18.2 Å². The zero-order chi connectivity index (χ0) is 13.1. The van der Waals surface area contributed by atoms with Crippen molar-refractivity contribution >= 4 is 17.6 Å². The van der Waals surface area contributed by atoms with Crippen molar-refractivity contribution in [2.45, 2.75) is 25.9 Å². The number of hydrogen-bond acceptors (Lipinski definition) is 3. The molecule has 1 atom stereocenters. The van der Waals surface area contributed by atoms with Crippen LogP contribution in [0.4, 0.5) is 0 Å². The molecule has 2 N–H and O–H groups in total. The third-order valence-corrected chi connectivity index (χ3v) is 2.71. The molecular weight excluding hydrogens is 244 g/mol. The average molecular weight is 259 g/mol. The van der Waals surface area contributed by atoms with Gasteiger partial charge in [-0.05, 0) is 31.5 Å². The fourth-order valence-electron chi connectivity index (χ4n) is 1.13. The minimum atomic E-state index is -1.11. The topological polar surface area (TPSA) is 66.8 Å². The van der Waals surface area contributed by atoms with Crippen molar-refractivity contribution in [1.29, 1.82) is 0 Å². The smallest absolute Gasteiger partial charge is 0.339 e. The van der Waals surface area contributed by atoms with Gasteiger partial charge in [-0.2, -0.15) is 0 Å². The molecule has 1 rings (SSSR count). The molecule has 0 aliphatic heterocycles. The molecule has 1 aromatic carbocycles. The summed E-state index contributed by atoms with van der Waals surface area (Å²) in [6, 6.07) is 4.35. The summed E-state index contributed by atoms with van der Waals surface area (Å²) in [5, 5.41) is 19.1. The Morgan fingerprint density at radius 3 is 2.71 bits per heavy atom. The van der Waals surface area contributed by atoms with Crippen LogP contribution < -0.4 is 4.74 Å². The lowest BCUT2D eigenvalue weighted by Gasteiger charge is -2.22. The number of carboxylic acids is 1. The first kappa shape index (κ1) is 13.8. The molecule has 0 bridgehead atoms. The van der Waals surface area contributed by atoms with Gasteiger partial charge in [0, 0.05) is 5.02 Å². The van der Waals surface area contributed by atoms with Gasteiger partial charge in [0.2, 0.25) is 0 Å². The minimum absolute atomic E-state index is 0.00981. The molecule has 4 nitrogen and oxygen atoms in total. The molecule has 0 aliphatic carbocycles. The van der Waals surface area contributed by atoms with Crippen LogP contribution >= 0.6 is 11.6 Å². The van der Waals surface area contributed by atoms with Gasteiger partial charge in [-0.3, -0.25) is 0 Å². The zero-order valence-corrected chi connectivity index (χ0v) is 10.5. The van der Waals surface area contributed by atoms with E-state index in [-0.39, 0.29) is 17.9 Å². The van der Waals surface area contributed by atoms with Gasteiger partial charge in [-0.1, -0.05) is 18.5 Å². The molecule has 0 aliphatic rings. The molecule has 0 radical (unpaired) electrons. The molecule has 0 aromatic heterocycles. The maximum Gasteiger partial charge on any atom is 0.339 e. The van der Waals surface area contributed by atoms with E-state index in [0.29, 0.717) is 11.4 Å². The third kappa shape index (κ3) is 3.91. The number of aromatic carboxylic acids is 1. The Kier molecular flexibility index (Phi) is 4.37. The average Bonchev–Trinajstić information content (AvgIpc) is 2.27. The summed E-state index contributed by atoms with van der Waals surface area (Å²) in [6.45, 7) is 3.48. The first-order valence-electron chi connectivity index (χ1n) is 5.24. The molecule has 94 valence electrons. The minimum Gasteiger partial charge on any atom is -0.490 e. The quantitative estimate of drug-likeness (QED) is 0.852. The summed E-state index contributed by atoms with van der Waals surface area (Å²) in [4.78, 5) is 11.0. The first-order valence-corrected chi connectivity index (χ1v) is 5.61. The van der Waals surface area contributed by atoms with Crippen molar-refractivity contribution in [3.8, 4) is 5.75 Å². The molecular formula is C12H15ClO4. The number of carbonyl (C=O) groups is 1. The summed E-state index contributed by atoms with van der Waals surface area (Å²) >= 11 is 5.71. The molecule has 0 fully saturated rings. The van der Waals surface area contributed by atoms with E-state index in [0.717, 1.165) is 0 Å². The highest BCUT2D eigenvalue weighted by atomic mass is 35.5. The van der Waals surface area contributed by atoms with Gasteiger partial charge in [-0.25, -0.2) is 4.79 Å². The Labute approximate surface area is 105 Å². The predicted octanol–water partition coefficient (Wildman–Crippen LogP) is 2.58. The van der Waals surface area contributed by atoms with Crippen LogP contribution in [0.3, 0.4) is 0 Å². The lowest BCUT2D eigenvalue weighted by Crippen LogP contribution is -2.31. The van der Waals surface area contributed by atoms with Gasteiger partial charge in [0.1, 0.15) is 17.9 Å². The van der Waals surface area contributed by atoms with Crippen molar-refractivity contribution in [1.82, 2.24) is 0 Å². The first-order chi connectivity index (χ1) is 7.85. The standard InChI is InChI=1S/C12H15ClO4/c1-3-12(2,16)7-17-10-5-4-8(13)6-9(10)11(14)15/h4-6,16H,3,7H2,1-2H3,(H,14,15). The molecule has 0 heterocycles. The zero-order valence-electron chi connectivity index (χ0n) is 9.74. The maximum absolute atomic E-state index is 11.0. The van der Waals surface area contributed by atoms with E-state index < -0.39 is 11.6 Å². The molecule has 1 unspecified atom stereocenters. The van der Waals surface area contributed by atoms with E-state index in [1.807, 2.05) is 6.92 Å². The van der Waals surface area contributed by atoms with Crippen LogP contribution in [-0.2, 0) is 0 Å². The second kappa shape index (κ2) is 5.38. The van der Waals surface area contributed by atoms with Crippen molar-refractivity contribution < 1.29 is 19.7 Å². The van der Waals surface area contributed by atoms with Gasteiger partial charge in [0.15, 0.2) is 0 Å². The summed E-state index contributed by atoms with van der Waals surface area (Å²) in [5.41, 5.74) is -0.987. The van der Waals surface area contributed by atoms with E-state index in [1.165, 1.54) is 12.1 Å². The number of hydrogen-bond donors (Lipinski definition) is 2. The van der Waals surface area contributed by atoms with Crippen LogP contribution in [-0.4, -0.2) is 28.4 Å². The van der Waals surface area contributed by atoms with Gasteiger partial charge >= 0.3 is 5.97 Å². The Balaban J connectivity index is 2.88. The number of rotatable bonds is 5. The number of aliphatic hydroxyl groups is 1.